The average molecular weight is 556 g/mol. The van der Waals surface area contributed by atoms with Crippen LogP contribution in [0.1, 0.15) is 27.9 Å². The molecule has 13 nitrogen and oxygen atoms in total. The van der Waals surface area contributed by atoms with Gasteiger partial charge < -0.3 is 35.8 Å². The van der Waals surface area contributed by atoms with Crippen molar-refractivity contribution in [3.05, 3.63) is 45.7 Å². The SMILES string of the molecule is CN(C)C1C(=O)C(C(N)=O)=C(O)C2(O)C(=O)C3=C(O)c4c(O)ccc(C(=O)C(=O)N5CCOCC5)c4C[C@H]3C[C@@H]12. The summed E-state index contributed by atoms with van der Waals surface area (Å²) >= 11 is 0. The van der Waals surface area contributed by atoms with Gasteiger partial charge in [0.1, 0.15) is 22.8 Å². The first-order chi connectivity index (χ1) is 18.8. The van der Waals surface area contributed by atoms with Crippen LogP contribution in [0.3, 0.4) is 0 Å². The molecule has 1 saturated heterocycles. The number of Topliss-reactive ketones (excluding diaryl/α,β-unsaturated/α-hetero) is 3. The van der Waals surface area contributed by atoms with Crippen molar-refractivity contribution in [2.75, 3.05) is 40.4 Å². The van der Waals surface area contributed by atoms with Crippen molar-refractivity contribution in [1.82, 2.24) is 9.80 Å². The topological polar surface area (TPSA) is 208 Å². The van der Waals surface area contributed by atoms with Crippen LogP contribution < -0.4 is 5.73 Å². The van der Waals surface area contributed by atoms with Crippen LogP contribution in [-0.4, -0.2) is 111 Å². The van der Waals surface area contributed by atoms with E-state index in [1.54, 1.807) is 0 Å². The molecule has 4 atom stereocenters. The highest BCUT2D eigenvalue weighted by Gasteiger charge is 2.64. The minimum absolute atomic E-state index is 0.0641. The number of ketones is 3. The number of morpholine rings is 1. The van der Waals surface area contributed by atoms with Gasteiger partial charge in [-0.1, -0.05) is 0 Å². The molecule has 6 N–H and O–H groups in total. The normalized spacial score (nSPS) is 28.3. The lowest BCUT2D eigenvalue weighted by atomic mass is 9.57. The Kier molecular flexibility index (Phi) is 6.56. The number of aliphatic hydroxyl groups excluding tert-OH is 2. The van der Waals surface area contributed by atoms with Crippen LogP contribution in [0.5, 0.6) is 5.75 Å². The largest absolute Gasteiger partial charge is 0.508 e. The van der Waals surface area contributed by atoms with E-state index in [0.717, 1.165) is 6.07 Å². The second kappa shape index (κ2) is 9.54. The van der Waals surface area contributed by atoms with E-state index in [2.05, 4.69) is 0 Å². The number of carbonyl (C=O) groups is 5. The summed E-state index contributed by atoms with van der Waals surface area (Å²) in [5.74, 6) is -9.50. The molecule has 3 aliphatic carbocycles. The van der Waals surface area contributed by atoms with Gasteiger partial charge in [0.15, 0.2) is 11.4 Å². The number of hydrogen-bond donors (Lipinski definition) is 5. The Morgan fingerprint density at radius 3 is 2.35 bits per heavy atom. The molecule has 212 valence electrons. The summed E-state index contributed by atoms with van der Waals surface area (Å²) < 4.78 is 5.23. The Morgan fingerprint density at radius 1 is 1.10 bits per heavy atom. The third kappa shape index (κ3) is 3.76. The standard InChI is InChI=1S/C27H29N3O10/c1-29(2)19-14-10-11-9-13-12(20(32)26(38)30-5-7-40-8-6-30)3-4-15(31)17(13)21(33)16(11)23(35)27(14,39)24(36)18(22(19)34)25(28)37/h3-4,11,14,19,31,33,36,39H,5-10H2,1-2H3,(H2,28,37)/t11-,14-,19?,27?/m0/s1. The quantitative estimate of drug-likeness (QED) is 0.173. The predicted molar refractivity (Wildman–Crippen MR) is 136 cm³/mol. The monoisotopic (exact) mass is 555 g/mol. The van der Waals surface area contributed by atoms with Crippen molar-refractivity contribution in [1.29, 1.82) is 0 Å². The zero-order chi connectivity index (χ0) is 29.3. The minimum atomic E-state index is -2.76. The van der Waals surface area contributed by atoms with Crippen molar-refractivity contribution in [3.63, 3.8) is 0 Å². The van der Waals surface area contributed by atoms with Crippen LogP contribution in [0.4, 0.5) is 0 Å². The number of aromatic hydroxyl groups is 1. The van der Waals surface area contributed by atoms with E-state index in [-0.39, 0.29) is 61.4 Å². The zero-order valence-corrected chi connectivity index (χ0v) is 21.8. The first kappa shape index (κ1) is 27.5. The van der Waals surface area contributed by atoms with Crippen LogP contribution in [0.25, 0.3) is 5.76 Å². The number of aliphatic hydroxyl groups is 3. The number of primary amides is 1. The average Bonchev–Trinajstić information content (AvgIpc) is 2.90. The van der Waals surface area contributed by atoms with Crippen molar-refractivity contribution in [2.45, 2.75) is 24.5 Å². The third-order valence-electron chi connectivity index (χ3n) is 8.34. The van der Waals surface area contributed by atoms with Gasteiger partial charge in [-0.2, -0.15) is 0 Å². The number of rotatable bonds is 4. The molecule has 1 aromatic carbocycles. The maximum atomic E-state index is 13.9. The molecule has 13 heteroatoms. The summed E-state index contributed by atoms with van der Waals surface area (Å²) in [5, 5.41) is 44.5. The number of carbonyl (C=O) groups excluding carboxylic acids is 5. The van der Waals surface area contributed by atoms with Crippen LogP contribution in [0.15, 0.2) is 29.0 Å². The summed E-state index contributed by atoms with van der Waals surface area (Å²) in [4.78, 5) is 68.2. The number of phenols is 1. The van der Waals surface area contributed by atoms with Crippen LogP contribution in [0.2, 0.25) is 0 Å². The van der Waals surface area contributed by atoms with E-state index < -0.39 is 75.5 Å². The summed E-state index contributed by atoms with van der Waals surface area (Å²) in [7, 11) is 3.00. The van der Waals surface area contributed by atoms with E-state index in [4.69, 9.17) is 10.5 Å². The maximum absolute atomic E-state index is 13.9. The molecule has 1 aromatic rings. The summed E-state index contributed by atoms with van der Waals surface area (Å²) in [6.07, 6.45) is -0.229. The Labute approximate surface area is 228 Å². The van der Waals surface area contributed by atoms with Crippen molar-refractivity contribution >= 4 is 34.9 Å². The lowest BCUT2D eigenvalue weighted by Crippen LogP contribution is -2.65. The van der Waals surface area contributed by atoms with Gasteiger partial charge in [-0.25, -0.2) is 0 Å². The number of amides is 2. The fraction of sp³-hybridized carbons (Fsp3) is 0.444. The molecule has 1 aliphatic heterocycles. The van der Waals surface area contributed by atoms with Crippen LogP contribution in [0, 0.1) is 11.8 Å². The molecular weight excluding hydrogens is 526 g/mol. The van der Waals surface area contributed by atoms with Gasteiger partial charge in [0.2, 0.25) is 5.78 Å². The molecule has 0 spiro atoms. The molecule has 40 heavy (non-hydrogen) atoms. The van der Waals surface area contributed by atoms with Crippen molar-refractivity contribution < 1.29 is 49.1 Å². The fourth-order valence-corrected chi connectivity index (χ4v) is 6.48. The summed E-state index contributed by atoms with van der Waals surface area (Å²) in [6, 6.07) is 1.16. The van der Waals surface area contributed by atoms with Gasteiger partial charge in [0.05, 0.1) is 24.8 Å². The third-order valence-corrected chi connectivity index (χ3v) is 8.34. The molecule has 0 radical (unpaired) electrons. The number of phenolic OH excluding ortho intramolecular Hbond substituents is 1. The smallest absolute Gasteiger partial charge is 0.295 e. The maximum Gasteiger partial charge on any atom is 0.295 e. The Bertz CT molecular complexity index is 1440. The van der Waals surface area contributed by atoms with Gasteiger partial charge >= 0.3 is 0 Å². The van der Waals surface area contributed by atoms with Crippen molar-refractivity contribution in [2.24, 2.45) is 17.6 Å². The highest BCUT2D eigenvalue weighted by Crippen LogP contribution is 2.53. The molecule has 2 amide bonds. The molecular formula is C27H29N3O10. The summed E-state index contributed by atoms with van der Waals surface area (Å²) in [5.41, 5.74) is 1.13. The van der Waals surface area contributed by atoms with E-state index in [1.165, 1.54) is 30.0 Å². The zero-order valence-electron chi connectivity index (χ0n) is 21.8. The van der Waals surface area contributed by atoms with Crippen molar-refractivity contribution in [3.8, 4) is 5.75 Å². The van der Waals surface area contributed by atoms with Gasteiger partial charge in [-0.3, -0.25) is 28.9 Å². The minimum Gasteiger partial charge on any atom is -0.508 e. The number of fused-ring (bicyclic) bond motifs is 3. The Hall–Kier alpha value is -4.07. The van der Waals surface area contributed by atoms with E-state index in [1.807, 2.05) is 0 Å². The Balaban J connectivity index is 1.65. The number of nitrogens with zero attached hydrogens (tertiary/aromatic N) is 2. The molecule has 4 aliphatic rings. The number of ether oxygens (including phenoxy) is 1. The predicted octanol–water partition coefficient (Wildman–Crippen LogP) is -0.994. The van der Waals surface area contributed by atoms with E-state index in [0.29, 0.717) is 0 Å². The first-order valence-corrected chi connectivity index (χ1v) is 12.7. The lowest BCUT2D eigenvalue weighted by molar-refractivity contribution is -0.153. The number of benzene rings is 1. The molecule has 1 saturated carbocycles. The molecule has 0 aromatic heterocycles. The van der Waals surface area contributed by atoms with Crippen LogP contribution in [-0.2, 0) is 30.3 Å². The Morgan fingerprint density at radius 2 is 1.75 bits per heavy atom. The second-order valence-electron chi connectivity index (χ2n) is 10.7. The fourth-order valence-electron chi connectivity index (χ4n) is 6.48. The number of nitrogens with two attached hydrogens (primary N) is 1. The van der Waals surface area contributed by atoms with Gasteiger partial charge in [0, 0.05) is 30.1 Å². The second-order valence-corrected chi connectivity index (χ2v) is 10.7. The van der Waals surface area contributed by atoms with Gasteiger partial charge in [-0.05, 0) is 50.6 Å². The van der Waals surface area contributed by atoms with Gasteiger partial charge in [0.25, 0.3) is 17.6 Å². The molecule has 2 fully saturated rings. The van der Waals surface area contributed by atoms with E-state index >= 15 is 0 Å². The first-order valence-electron chi connectivity index (χ1n) is 12.7. The van der Waals surface area contributed by atoms with Gasteiger partial charge in [-0.15, -0.1) is 0 Å². The number of hydrogen-bond acceptors (Lipinski definition) is 11. The summed E-state index contributed by atoms with van der Waals surface area (Å²) in [6.45, 7) is 1.00. The molecule has 5 rings (SSSR count). The molecule has 2 unspecified atom stereocenters. The van der Waals surface area contributed by atoms with Crippen LogP contribution >= 0.6 is 0 Å². The molecule has 0 bridgehead atoms. The number of likely N-dealkylation sites (N-methyl/N-ethyl adjacent to an activating group) is 1. The highest BCUT2D eigenvalue weighted by atomic mass is 16.5. The highest BCUT2D eigenvalue weighted by molar-refractivity contribution is 6.43. The van der Waals surface area contributed by atoms with E-state index in [9.17, 15) is 44.4 Å². The lowest BCUT2D eigenvalue weighted by Gasteiger charge is -2.50. The molecule has 1 heterocycles.